The number of phenolic OH excluding ortho intramolecular Hbond substituents is 1. The zero-order chi connectivity index (χ0) is 18.9. The molecule has 26 heavy (non-hydrogen) atoms. The van der Waals surface area contributed by atoms with E-state index in [9.17, 15) is 28.2 Å². The highest BCUT2D eigenvalue weighted by Gasteiger charge is 2.35. The molecule has 0 saturated carbocycles. The smallest absolute Gasteiger partial charge is 0.259 e. The number of carbonyl (C=O) groups excluding carboxylic acids is 1. The molecule has 1 fully saturated rings. The number of amides is 1. The average Bonchev–Trinajstić information content (AvgIpc) is 2.61. The van der Waals surface area contributed by atoms with Crippen LogP contribution in [0.3, 0.4) is 0 Å². The fourth-order valence-corrected chi connectivity index (χ4v) is 3.18. The van der Waals surface area contributed by atoms with Crippen LogP contribution in [0.2, 0.25) is 0 Å². The van der Waals surface area contributed by atoms with E-state index in [0.717, 1.165) is 17.7 Å². The van der Waals surface area contributed by atoms with Gasteiger partial charge in [0.15, 0.2) is 11.6 Å². The normalized spacial score (nSPS) is 16.5. The van der Waals surface area contributed by atoms with Crippen LogP contribution >= 0.6 is 0 Å². The second-order valence-corrected chi connectivity index (χ2v) is 6.58. The molecule has 4 nitrogen and oxygen atoms in total. The van der Waals surface area contributed by atoms with Gasteiger partial charge >= 0.3 is 0 Å². The molecular formula is C19H18F3NO3. The van der Waals surface area contributed by atoms with Gasteiger partial charge in [-0.3, -0.25) is 4.79 Å². The molecule has 7 heteroatoms. The number of benzene rings is 2. The van der Waals surface area contributed by atoms with Crippen molar-refractivity contribution in [3.8, 4) is 5.75 Å². The molecule has 138 valence electrons. The summed E-state index contributed by atoms with van der Waals surface area (Å²) in [7, 11) is 0. The summed E-state index contributed by atoms with van der Waals surface area (Å²) in [6.45, 7) is 0.232. The van der Waals surface area contributed by atoms with Gasteiger partial charge < -0.3 is 15.1 Å². The standard InChI is InChI=1S/C19H18F3NO3/c20-13-3-1-12(2-4-13)11-19(26)7-9-23(10-8-19)18(25)16-14(21)5-6-15(24)17(16)22/h1-6,24,26H,7-11H2. The highest BCUT2D eigenvalue weighted by atomic mass is 19.1. The Kier molecular flexibility index (Phi) is 4.91. The zero-order valence-electron chi connectivity index (χ0n) is 13.9. The molecule has 3 rings (SSSR count). The van der Waals surface area contributed by atoms with Crippen molar-refractivity contribution < 1.29 is 28.2 Å². The van der Waals surface area contributed by atoms with Crippen LogP contribution in [-0.2, 0) is 6.42 Å². The Bertz CT molecular complexity index is 816. The van der Waals surface area contributed by atoms with Crippen LogP contribution in [0.1, 0.15) is 28.8 Å². The Hall–Kier alpha value is -2.54. The number of halogens is 3. The number of rotatable bonds is 3. The third-order valence-corrected chi connectivity index (χ3v) is 4.71. The summed E-state index contributed by atoms with van der Waals surface area (Å²) in [5, 5.41) is 20.1. The first kappa shape index (κ1) is 18.3. The summed E-state index contributed by atoms with van der Waals surface area (Å²) >= 11 is 0. The summed E-state index contributed by atoms with van der Waals surface area (Å²) < 4.78 is 40.7. The van der Waals surface area contributed by atoms with Crippen LogP contribution in [0.4, 0.5) is 13.2 Å². The summed E-state index contributed by atoms with van der Waals surface area (Å²) in [4.78, 5) is 13.7. The van der Waals surface area contributed by atoms with E-state index in [1.165, 1.54) is 17.0 Å². The van der Waals surface area contributed by atoms with Gasteiger partial charge in [0.25, 0.3) is 5.91 Å². The zero-order valence-corrected chi connectivity index (χ0v) is 13.9. The lowest BCUT2D eigenvalue weighted by Crippen LogP contribution is -2.48. The first-order chi connectivity index (χ1) is 12.3. The molecule has 2 aromatic carbocycles. The van der Waals surface area contributed by atoms with Gasteiger partial charge in [-0.1, -0.05) is 12.1 Å². The Morgan fingerprint density at radius 3 is 2.27 bits per heavy atom. The van der Waals surface area contributed by atoms with Gasteiger partial charge in [-0.25, -0.2) is 13.2 Å². The van der Waals surface area contributed by atoms with Crippen molar-refractivity contribution in [2.45, 2.75) is 24.9 Å². The summed E-state index contributed by atoms with van der Waals surface area (Å²) in [6.07, 6.45) is 0.737. The first-order valence-electron chi connectivity index (χ1n) is 8.22. The number of hydrogen-bond acceptors (Lipinski definition) is 3. The second-order valence-electron chi connectivity index (χ2n) is 6.58. The Morgan fingerprint density at radius 1 is 1.04 bits per heavy atom. The minimum atomic E-state index is -1.29. The van der Waals surface area contributed by atoms with Crippen LogP contribution in [0.15, 0.2) is 36.4 Å². The molecule has 0 unspecified atom stereocenters. The van der Waals surface area contributed by atoms with E-state index in [2.05, 4.69) is 0 Å². The molecule has 0 bridgehead atoms. The topological polar surface area (TPSA) is 60.8 Å². The van der Waals surface area contributed by atoms with Crippen molar-refractivity contribution in [1.29, 1.82) is 0 Å². The predicted molar refractivity (Wildman–Crippen MR) is 88.2 cm³/mol. The largest absolute Gasteiger partial charge is 0.505 e. The Morgan fingerprint density at radius 2 is 1.65 bits per heavy atom. The van der Waals surface area contributed by atoms with Crippen LogP contribution < -0.4 is 0 Å². The van der Waals surface area contributed by atoms with Gasteiger partial charge in [0.05, 0.1) is 5.60 Å². The van der Waals surface area contributed by atoms with Crippen molar-refractivity contribution >= 4 is 5.91 Å². The minimum Gasteiger partial charge on any atom is -0.505 e. The molecule has 1 amide bonds. The molecule has 1 aliphatic rings. The first-order valence-corrected chi connectivity index (χ1v) is 8.22. The molecule has 1 saturated heterocycles. The molecule has 0 aliphatic carbocycles. The van der Waals surface area contributed by atoms with Crippen molar-refractivity contribution in [2.75, 3.05) is 13.1 Å². The fourth-order valence-electron chi connectivity index (χ4n) is 3.18. The van der Waals surface area contributed by atoms with Gasteiger partial charge in [-0.05, 0) is 42.7 Å². The molecule has 2 aromatic rings. The van der Waals surface area contributed by atoms with Gasteiger partial charge in [-0.2, -0.15) is 0 Å². The summed E-state index contributed by atoms with van der Waals surface area (Å²) in [5.41, 5.74) is -1.11. The fraction of sp³-hybridized carbons (Fsp3) is 0.316. The molecule has 0 atom stereocenters. The predicted octanol–water partition coefficient (Wildman–Crippen LogP) is 3.02. The van der Waals surface area contributed by atoms with E-state index in [1.807, 2.05) is 0 Å². The van der Waals surface area contributed by atoms with Crippen LogP contribution in [-0.4, -0.2) is 39.7 Å². The van der Waals surface area contributed by atoms with E-state index < -0.39 is 34.5 Å². The van der Waals surface area contributed by atoms with E-state index in [-0.39, 0.29) is 31.7 Å². The van der Waals surface area contributed by atoms with E-state index in [4.69, 9.17) is 0 Å². The number of likely N-dealkylation sites (tertiary alicyclic amines) is 1. The van der Waals surface area contributed by atoms with Crippen molar-refractivity contribution in [1.82, 2.24) is 4.90 Å². The van der Waals surface area contributed by atoms with Gasteiger partial charge in [0, 0.05) is 19.5 Å². The number of phenols is 1. The van der Waals surface area contributed by atoms with Crippen LogP contribution in [0, 0.1) is 17.5 Å². The molecule has 0 spiro atoms. The van der Waals surface area contributed by atoms with Crippen molar-refractivity contribution in [3.63, 3.8) is 0 Å². The highest BCUT2D eigenvalue weighted by molar-refractivity contribution is 5.95. The molecule has 0 radical (unpaired) electrons. The molecule has 0 aromatic heterocycles. The Balaban J connectivity index is 1.69. The third-order valence-electron chi connectivity index (χ3n) is 4.71. The molecule has 1 heterocycles. The number of nitrogens with zero attached hydrogens (tertiary/aromatic N) is 1. The maximum atomic E-state index is 13.9. The van der Waals surface area contributed by atoms with Gasteiger partial charge in [0.2, 0.25) is 0 Å². The van der Waals surface area contributed by atoms with Crippen LogP contribution in [0.5, 0.6) is 5.75 Å². The third kappa shape index (κ3) is 3.67. The molecular weight excluding hydrogens is 347 g/mol. The van der Waals surface area contributed by atoms with E-state index in [0.29, 0.717) is 6.42 Å². The highest BCUT2D eigenvalue weighted by Crippen LogP contribution is 2.29. The van der Waals surface area contributed by atoms with Crippen molar-refractivity contribution in [3.05, 3.63) is 65.0 Å². The minimum absolute atomic E-state index is 0.116. The maximum Gasteiger partial charge on any atom is 0.259 e. The number of piperidine rings is 1. The SMILES string of the molecule is O=C(c1c(F)ccc(O)c1F)N1CCC(O)(Cc2ccc(F)cc2)CC1. The van der Waals surface area contributed by atoms with Gasteiger partial charge in [-0.15, -0.1) is 0 Å². The maximum absolute atomic E-state index is 13.9. The molecule has 2 N–H and O–H groups in total. The lowest BCUT2D eigenvalue weighted by atomic mass is 9.85. The van der Waals surface area contributed by atoms with Gasteiger partial charge in [0.1, 0.15) is 17.2 Å². The average molecular weight is 365 g/mol. The van der Waals surface area contributed by atoms with E-state index in [1.54, 1.807) is 12.1 Å². The molecule has 1 aliphatic heterocycles. The quantitative estimate of drug-likeness (QED) is 0.879. The lowest BCUT2D eigenvalue weighted by Gasteiger charge is -2.38. The van der Waals surface area contributed by atoms with Crippen LogP contribution in [0.25, 0.3) is 0 Å². The van der Waals surface area contributed by atoms with E-state index >= 15 is 0 Å². The number of aliphatic hydroxyl groups is 1. The second kappa shape index (κ2) is 6.99. The summed E-state index contributed by atoms with van der Waals surface area (Å²) in [5.74, 6) is -4.35. The van der Waals surface area contributed by atoms with Crippen molar-refractivity contribution in [2.24, 2.45) is 0 Å². The summed E-state index contributed by atoms with van der Waals surface area (Å²) in [6, 6.07) is 7.47. The monoisotopic (exact) mass is 365 g/mol. The Labute approximate surface area is 148 Å². The lowest BCUT2D eigenvalue weighted by molar-refractivity contribution is -0.0164. The number of carbonyl (C=O) groups is 1. The number of hydrogen-bond donors (Lipinski definition) is 2. The number of aromatic hydroxyl groups is 1.